The molecule has 5 heteroatoms. The van der Waals surface area contributed by atoms with E-state index in [-0.39, 0.29) is 0 Å². The number of aromatic nitrogens is 3. The minimum atomic E-state index is 0.327. The first kappa shape index (κ1) is 20.0. The van der Waals surface area contributed by atoms with E-state index in [1.54, 1.807) is 0 Å². The Labute approximate surface area is 181 Å². The van der Waals surface area contributed by atoms with Crippen molar-refractivity contribution in [1.82, 2.24) is 14.5 Å². The Morgan fingerprint density at radius 1 is 1.00 bits per heavy atom. The average molecular weight is 415 g/mol. The molecule has 2 aromatic heterocycles. The number of imidazole rings is 1. The first-order chi connectivity index (χ1) is 14.5. The van der Waals surface area contributed by atoms with E-state index in [9.17, 15) is 0 Å². The Kier molecular flexibility index (Phi) is 5.74. The van der Waals surface area contributed by atoms with Crippen LogP contribution in [-0.2, 0) is 6.54 Å². The molecule has 0 aliphatic heterocycles. The average Bonchev–Trinajstić information content (AvgIpc) is 3.08. The third-order valence-corrected chi connectivity index (χ3v) is 5.01. The van der Waals surface area contributed by atoms with Crippen molar-refractivity contribution < 1.29 is 0 Å². The van der Waals surface area contributed by atoms with Crippen molar-refractivity contribution in [3.63, 3.8) is 0 Å². The van der Waals surface area contributed by atoms with Crippen molar-refractivity contribution in [1.29, 1.82) is 0 Å². The van der Waals surface area contributed by atoms with Gasteiger partial charge in [0.2, 0.25) is 5.95 Å². The third-order valence-electron chi connectivity index (χ3n) is 4.76. The number of hydrogen-bond acceptors (Lipinski definition) is 3. The molecule has 0 aliphatic carbocycles. The molecular weight excluding hydrogens is 392 g/mol. The Bertz CT molecular complexity index is 1230. The van der Waals surface area contributed by atoms with Gasteiger partial charge in [0.1, 0.15) is 5.69 Å². The molecule has 2 heterocycles. The highest BCUT2D eigenvalue weighted by atomic mass is 35.5. The minimum absolute atomic E-state index is 0.327. The molecule has 4 rings (SSSR count). The number of fused-ring (bicyclic) bond motifs is 1. The van der Waals surface area contributed by atoms with Crippen molar-refractivity contribution in [3.05, 3.63) is 77.1 Å². The van der Waals surface area contributed by atoms with Gasteiger partial charge < -0.3 is 9.88 Å². The van der Waals surface area contributed by atoms with E-state index >= 15 is 0 Å². The van der Waals surface area contributed by atoms with Gasteiger partial charge in [-0.05, 0) is 68.7 Å². The van der Waals surface area contributed by atoms with Crippen molar-refractivity contribution in [2.45, 2.75) is 33.4 Å². The molecule has 1 N–H and O–H groups in total. The quantitative estimate of drug-likeness (QED) is 0.417. The zero-order valence-electron chi connectivity index (χ0n) is 17.3. The van der Waals surface area contributed by atoms with Gasteiger partial charge in [0.15, 0.2) is 0 Å². The number of nitrogens with one attached hydrogen (secondary N) is 1. The number of aryl methyl sites for hydroxylation is 1. The summed E-state index contributed by atoms with van der Waals surface area (Å²) in [6.45, 7) is 7.21. The maximum absolute atomic E-state index is 5.96. The summed E-state index contributed by atoms with van der Waals surface area (Å²) in [5, 5.41) is 4.14. The van der Waals surface area contributed by atoms with Gasteiger partial charge in [0.05, 0.1) is 11.0 Å². The maximum Gasteiger partial charge on any atom is 0.204 e. The predicted molar refractivity (Wildman–Crippen MR) is 125 cm³/mol. The summed E-state index contributed by atoms with van der Waals surface area (Å²) in [5.41, 5.74) is 5.81. The van der Waals surface area contributed by atoms with Crippen LogP contribution in [0, 0.1) is 11.8 Å². The molecule has 4 aromatic rings. The SMILES string of the molecule is CCn1c(NC(C)C)nc2cc(C#Cc3ccc(-c4ccc(Cl)cc4)cn3)ccc21. The van der Waals surface area contributed by atoms with E-state index in [1.165, 1.54) is 0 Å². The molecule has 150 valence electrons. The zero-order valence-corrected chi connectivity index (χ0v) is 18.0. The Morgan fingerprint density at radius 3 is 2.43 bits per heavy atom. The van der Waals surface area contributed by atoms with Crippen LogP contribution in [0.1, 0.15) is 32.0 Å². The van der Waals surface area contributed by atoms with E-state index in [1.807, 2.05) is 54.7 Å². The largest absolute Gasteiger partial charge is 0.353 e. The van der Waals surface area contributed by atoms with Crippen molar-refractivity contribution in [3.8, 4) is 23.0 Å². The van der Waals surface area contributed by atoms with E-state index in [2.05, 4.69) is 53.5 Å². The highest BCUT2D eigenvalue weighted by Gasteiger charge is 2.10. The van der Waals surface area contributed by atoms with Crippen molar-refractivity contribution in [2.24, 2.45) is 0 Å². The summed E-state index contributed by atoms with van der Waals surface area (Å²) in [5.74, 6) is 7.25. The number of nitrogens with zero attached hydrogens (tertiary/aromatic N) is 3. The van der Waals surface area contributed by atoms with Gasteiger partial charge in [-0.15, -0.1) is 0 Å². The van der Waals surface area contributed by atoms with Crippen LogP contribution in [0.25, 0.3) is 22.2 Å². The maximum atomic E-state index is 5.96. The molecule has 0 aliphatic rings. The van der Waals surface area contributed by atoms with Crippen LogP contribution in [0.15, 0.2) is 60.8 Å². The van der Waals surface area contributed by atoms with Crippen molar-refractivity contribution >= 4 is 28.6 Å². The van der Waals surface area contributed by atoms with Gasteiger partial charge in [-0.2, -0.15) is 0 Å². The molecule has 0 spiro atoms. The lowest BCUT2D eigenvalue weighted by atomic mass is 10.1. The zero-order chi connectivity index (χ0) is 21.1. The Morgan fingerprint density at radius 2 is 1.77 bits per heavy atom. The number of anilines is 1. The Hall–Kier alpha value is -3.29. The van der Waals surface area contributed by atoms with Gasteiger partial charge in [0, 0.05) is 34.9 Å². The van der Waals surface area contributed by atoms with Crippen LogP contribution in [0.3, 0.4) is 0 Å². The van der Waals surface area contributed by atoms with Crippen LogP contribution >= 0.6 is 11.6 Å². The summed E-state index contributed by atoms with van der Waals surface area (Å²) in [4.78, 5) is 9.23. The molecule has 4 nitrogen and oxygen atoms in total. The molecule has 0 amide bonds. The molecule has 0 saturated carbocycles. The molecular formula is C25H23ClN4. The van der Waals surface area contributed by atoms with E-state index in [4.69, 9.17) is 16.6 Å². The second kappa shape index (κ2) is 8.61. The summed E-state index contributed by atoms with van der Waals surface area (Å²) >= 11 is 5.96. The monoisotopic (exact) mass is 414 g/mol. The fourth-order valence-electron chi connectivity index (χ4n) is 3.31. The molecule has 0 bridgehead atoms. The van der Waals surface area contributed by atoms with E-state index in [0.29, 0.717) is 6.04 Å². The smallest absolute Gasteiger partial charge is 0.204 e. The fourth-order valence-corrected chi connectivity index (χ4v) is 3.44. The second-order valence-corrected chi connectivity index (χ2v) is 7.81. The normalized spacial score (nSPS) is 10.8. The molecule has 0 atom stereocenters. The standard InChI is InChI=1S/C25H23ClN4/c1-4-30-24-14-6-18(15-23(24)29-25(30)28-17(2)3)5-12-22-13-9-20(16-27-22)19-7-10-21(26)11-8-19/h6-11,13-17H,4H2,1-3H3,(H,28,29). The number of benzene rings is 2. The first-order valence-corrected chi connectivity index (χ1v) is 10.4. The van der Waals surface area contributed by atoms with Crippen LogP contribution < -0.4 is 5.32 Å². The molecule has 30 heavy (non-hydrogen) atoms. The van der Waals surface area contributed by atoms with Crippen molar-refractivity contribution in [2.75, 3.05) is 5.32 Å². The first-order valence-electron chi connectivity index (χ1n) is 10.0. The predicted octanol–water partition coefficient (Wildman–Crippen LogP) is 5.99. The summed E-state index contributed by atoms with van der Waals surface area (Å²) in [7, 11) is 0. The van der Waals surface area contributed by atoms with Crippen LogP contribution in [0.4, 0.5) is 5.95 Å². The number of hydrogen-bond donors (Lipinski definition) is 1. The molecule has 0 unspecified atom stereocenters. The topological polar surface area (TPSA) is 42.7 Å². The lowest BCUT2D eigenvalue weighted by molar-refractivity contribution is 0.767. The van der Waals surface area contributed by atoms with Crippen LogP contribution in [-0.4, -0.2) is 20.6 Å². The van der Waals surface area contributed by atoms with E-state index < -0.39 is 0 Å². The number of pyridine rings is 1. The minimum Gasteiger partial charge on any atom is -0.353 e. The lowest BCUT2D eigenvalue weighted by Gasteiger charge is -2.10. The second-order valence-electron chi connectivity index (χ2n) is 7.37. The van der Waals surface area contributed by atoms with E-state index in [0.717, 1.165) is 50.9 Å². The summed E-state index contributed by atoms with van der Waals surface area (Å²) < 4.78 is 2.18. The Balaban J connectivity index is 1.58. The van der Waals surface area contributed by atoms with Gasteiger partial charge in [-0.3, -0.25) is 0 Å². The highest BCUT2D eigenvalue weighted by Crippen LogP contribution is 2.22. The van der Waals surface area contributed by atoms with Gasteiger partial charge >= 0.3 is 0 Å². The fraction of sp³-hybridized carbons (Fsp3) is 0.200. The molecule has 0 saturated heterocycles. The molecule has 2 aromatic carbocycles. The number of rotatable bonds is 4. The lowest BCUT2D eigenvalue weighted by Crippen LogP contribution is -2.14. The van der Waals surface area contributed by atoms with Gasteiger partial charge in [0.25, 0.3) is 0 Å². The molecule has 0 radical (unpaired) electrons. The van der Waals surface area contributed by atoms with Gasteiger partial charge in [-0.25, -0.2) is 9.97 Å². The summed E-state index contributed by atoms with van der Waals surface area (Å²) in [6.07, 6.45) is 1.84. The van der Waals surface area contributed by atoms with Gasteiger partial charge in [-0.1, -0.05) is 35.7 Å². The summed E-state index contributed by atoms with van der Waals surface area (Å²) in [6, 6.07) is 18.2. The third kappa shape index (κ3) is 4.32. The number of halogens is 1. The van der Waals surface area contributed by atoms with Crippen LogP contribution in [0.5, 0.6) is 0 Å². The van der Waals surface area contributed by atoms with Crippen LogP contribution in [0.2, 0.25) is 5.02 Å². The highest BCUT2D eigenvalue weighted by molar-refractivity contribution is 6.30. The molecule has 0 fully saturated rings.